The lowest BCUT2D eigenvalue weighted by atomic mass is 10.4. The number of aromatic nitrogens is 3. The van der Waals surface area contributed by atoms with E-state index >= 15 is 0 Å². The van der Waals surface area contributed by atoms with Gasteiger partial charge in [-0.3, -0.25) is 0 Å². The minimum absolute atomic E-state index is 0. The molecule has 0 saturated carbocycles. The van der Waals surface area contributed by atoms with Crippen molar-refractivity contribution in [2.75, 3.05) is 13.1 Å². The molecule has 0 saturated heterocycles. The Balaban J connectivity index is 0.00000242. The van der Waals surface area contributed by atoms with Gasteiger partial charge in [0.05, 0.1) is 6.54 Å². The summed E-state index contributed by atoms with van der Waals surface area (Å²) in [5.41, 5.74) is 0. The van der Waals surface area contributed by atoms with Crippen LogP contribution in [0.4, 0.5) is 0 Å². The van der Waals surface area contributed by atoms with Gasteiger partial charge in [-0.15, -0.1) is 45.5 Å². The van der Waals surface area contributed by atoms with Crippen LogP contribution in [0.15, 0.2) is 28.8 Å². The van der Waals surface area contributed by atoms with Crippen LogP contribution in [-0.2, 0) is 19.5 Å². The van der Waals surface area contributed by atoms with E-state index in [4.69, 9.17) is 0 Å². The van der Waals surface area contributed by atoms with E-state index in [-0.39, 0.29) is 24.0 Å². The number of aliphatic imine (C=N–C) groups is 1. The van der Waals surface area contributed by atoms with Crippen molar-refractivity contribution in [3.8, 4) is 0 Å². The second-order valence-corrected chi connectivity index (χ2v) is 5.53. The summed E-state index contributed by atoms with van der Waals surface area (Å²) in [5, 5.41) is 16.7. The fourth-order valence-electron chi connectivity index (χ4n) is 1.94. The number of guanidine groups is 1. The predicted octanol–water partition coefficient (Wildman–Crippen LogP) is 2.28. The standard InChI is InChI=1S/C14H22N6S.HI/c1-3-13-19-18-11-20(13)8-7-16-14(15-4-2)17-10-12-6-5-9-21-12;/h5-6,9,11H,3-4,7-8,10H2,1-2H3,(H2,15,16,17);1H. The molecule has 0 unspecified atom stereocenters. The Morgan fingerprint density at radius 3 is 2.91 bits per heavy atom. The average molecular weight is 434 g/mol. The molecule has 6 nitrogen and oxygen atoms in total. The zero-order chi connectivity index (χ0) is 14.9. The molecule has 2 rings (SSSR count). The summed E-state index contributed by atoms with van der Waals surface area (Å²) in [7, 11) is 0. The summed E-state index contributed by atoms with van der Waals surface area (Å²) in [6.45, 7) is 7.33. The molecule has 0 amide bonds. The molecule has 0 aromatic carbocycles. The van der Waals surface area contributed by atoms with E-state index < -0.39 is 0 Å². The van der Waals surface area contributed by atoms with E-state index in [9.17, 15) is 0 Å². The number of halogens is 1. The van der Waals surface area contributed by atoms with Crippen molar-refractivity contribution in [2.24, 2.45) is 4.99 Å². The molecule has 0 radical (unpaired) electrons. The highest BCUT2D eigenvalue weighted by molar-refractivity contribution is 14.0. The van der Waals surface area contributed by atoms with E-state index in [1.807, 2.05) is 6.07 Å². The summed E-state index contributed by atoms with van der Waals surface area (Å²) in [4.78, 5) is 5.84. The van der Waals surface area contributed by atoms with Gasteiger partial charge in [0, 0.05) is 30.9 Å². The molecule has 2 aromatic heterocycles. The summed E-state index contributed by atoms with van der Waals surface area (Å²) < 4.78 is 2.07. The summed E-state index contributed by atoms with van der Waals surface area (Å²) in [6.07, 6.45) is 2.67. The average Bonchev–Trinajstić information content (AvgIpc) is 3.16. The molecule has 0 fully saturated rings. The third-order valence-electron chi connectivity index (χ3n) is 2.97. The number of thiophene rings is 1. The molecule has 22 heavy (non-hydrogen) atoms. The van der Waals surface area contributed by atoms with Gasteiger partial charge in [-0.25, -0.2) is 4.99 Å². The Hall–Kier alpha value is -1.16. The van der Waals surface area contributed by atoms with Gasteiger partial charge in [0.2, 0.25) is 0 Å². The number of hydrogen-bond acceptors (Lipinski definition) is 4. The number of nitrogens with zero attached hydrogens (tertiary/aromatic N) is 4. The molecule has 0 spiro atoms. The molecule has 8 heteroatoms. The summed E-state index contributed by atoms with van der Waals surface area (Å²) in [5.74, 6) is 1.86. The van der Waals surface area contributed by atoms with Crippen molar-refractivity contribution in [3.05, 3.63) is 34.5 Å². The Labute approximate surface area is 152 Å². The molecule has 0 aliphatic heterocycles. The topological polar surface area (TPSA) is 67.1 Å². The molecule has 2 heterocycles. The van der Waals surface area contributed by atoms with Crippen LogP contribution in [0.3, 0.4) is 0 Å². The van der Waals surface area contributed by atoms with E-state index in [0.29, 0.717) is 6.54 Å². The molecule has 2 N–H and O–H groups in total. The first kappa shape index (κ1) is 18.9. The van der Waals surface area contributed by atoms with Crippen molar-refractivity contribution < 1.29 is 0 Å². The maximum atomic E-state index is 4.58. The second-order valence-electron chi connectivity index (χ2n) is 4.50. The van der Waals surface area contributed by atoms with Gasteiger partial charge in [-0.2, -0.15) is 0 Å². The maximum Gasteiger partial charge on any atom is 0.191 e. The van der Waals surface area contributed by atoms with Gasteiger partial charge in [0.25, 0.3) is 0 Å². The Kier molecular flexibility index (Phi) is 9.05. The van der Waals surface area contributed by atoms with Gasteiger partial charge < -0.3 is 15.2 Å². The van der Waals surface area contributed by atoms with Gasteiger partial charge in [0.15, 0.2) is 5.96 Å². The van der Waals surface area contributed by atoms with Crippen LogP contribution in [0.1, 0.15) is 24.5 Å². The van der Waals surface area contributed by atoms with Gasteiger partial charge >= 0.3 is 0 Å². The largest absolute Gasteiger partial charge is 0.357 e. The van der Waals surface area contributed by atoms with Crippen molar-refractivity contribution in [1.29, 1.82) is 0 Å². The molecular formula is C14H23IN6S. The number of hydrogen-bond donors (Lipinski definition) is 2. The first-order valence-electron chi connectivity index (χ1n) is 7.24. The van der Waals surface area contributed by atoms with E-state index in [2.05, 4.69) is 55.7 Å². The molecule has 0 aliphatic carbocycles. The van der Waals surface area contributed by atoms with E-state index in [0.717, 1.165) is 37.8 Å². The van der Waals surface area contributed by atoms with Gasteiger partial charge in [-0.05, 0) is 18.4 Å². The second kappa shape index (κ2) is 10.5. The van der Waals surface area contributed by atoms with E-state index in [1.165, 1.54) is 4.88 Å². The first-order valence-corrected chi connectivity index (χ1v) is 8.12. The SMILES string of the molecule is CCNC(=NCc1cccs1)NCCn1cnnc1CC.I. The highest BCUT2D eigenvalue weighted by atomic mass is 127. The van der Waals surface area contributed by atoms with Gasteiger partial charge in [0.1, 0.15) is 12.2 Å². The quantitative estimate of drug-likeness (QED) is 0.399. The van der Waals surface area contributed by atoms with Crippen molar-refractivity contribution in [1.82, 2.24) is 25.4 Å². The fourth-order valence-corrected chi connectivity index (χ4v) is 2.56. The number of rotatable bonds is 7. The highest BCUT2D eigenvalue weighted by Gasteiger charge is 2.02. The lowest BCUT2D eigenvalue weighted by Crippen LogP contribution is -2.38. The predicted molar refractivity (Wildman–Crippen MR) is 102 cm³/mol. The summed E-state index contributed by atoms with van der Waals surface area (Å²) >= 11 is 1.73. The normalized spacial score (nSPS) is 11.1. The van der Waals surface area contributed by atoms with Crippen molar-refractivity contribution in [2.45, 2.75) is 33.4 Å². The third-order valence-corrected chi connectivity index (χ3v) is 3.84. The van der Waals surface area contributed by atoms with Crippen LogP contribution < -0.4 is 10.6 Å². The van der Waals surface area contributed by atoms with Crippen LogP contribution in [0, 0.1) is 0 Å². The van der Waals surface area contributed by atoms with Gasteiger partial charge in [-0.1, -0.05) is 13.0 Å². The van der Waals surface area contributed by atoms with Crippen LogP contribution in [0.25, 0.3) is 0 Å². The maximum absolute atomic E-state index is 4.58. The molecule has 0 atom stereocenters. The van der Waals surface area contributed by atoms with Crippen molar-refractivity contribution >= 4 is 41.3 Å². The highest BCUT2D eigenvalue weighted by Crippen LogP contribution is 2.09. The van der Waals surface area contributed by atoms with Crippen LogP contribution in [0.2, 0.25) is 0 Å². The minimum atomic E-state index is 0. The molecule has 0 bridgehead atoms. The Bertz CT molecular complexity index is 551. The molecule has 2 aromatic rings. The minimum Gasteiger partial charge on any atom is -0.357 e. The Morgan fingerprint density at radius 1 is 1.36 bits per heavy atom. The molecule has 122 valence electrons. The lowest BCUT2D eigenvalue weighted by Gasteiger charge is -2.12. The zero-order valence-electron chi connectivity index (χ0n) is 13.0. The summed E-state index contributed by atoms with van der Waals surface area (Å²) in [6, 6.07) is 4.15. The lowest BCUT2D eigenvalue weighted by molar-refractivity contribution is 0.633. The first-order chi connectivity index (χ1) is 10.3. The smallest absolute Gasteiger partial charge is 0.191 e. The van der Waals surface area contributed by atoms with E-state index in [1.54, 1.807) is 17.7 Å². The Morgan fingerprint density at radius 2 is 2.23 bits per heavy atom. The molecule has 0 aliphatic rings. The molecular weight excluding hydrogens is 411 g/mol. The van der Waals surface area contributed by atoms with Crippen LogP contribution in [0.5, 0.6) is 0 Å². The van der Waals surface area contributed by atoms with Crippen LogP contribution >= 0.6 is 35.3 Å². The number of nitrogens with one attached hydrogen (secondary N) is 2. The monoisotopic (exact) mass is 434 g/mol. The number of aryl methyl sites for hydroxylation is 1. The van der Waals surface area contributed by atoms with Crippen LogP contribution in [-0.4, -0.2) is 33.8 Å². The fraction of sp³-hybridized carbons (Fsp3) is 0.500. The third kappa shape index (κ3) is 5.91. The zero-order valence-corrected chi connectivity index (χ0v) is 16.1. The van der Waals surface area contributed by atoms with Crippen molar-refractivity contribution in [3.63, 3.8) is 0 Å².